The van der Waals surface area contributed by atoms with Crippen LogP contribution in [0.5, 0.6) is 5.75 Å². The molecule has 0 fully saturated rings. The van der Waals surface area contributed by atoms with Gasteiger partial charge in [0.15, 0.2) is 0 Å². The van der Waals surface area contributed by atoms with Crippen molar-refractivity contribution in [2.24, 2.45) is 0 Å². The maximum Gasteiger partial charge on any atom is 0.269 e. The first kappa shape index (κ1) is 18.5. The number of amides is 2. The van der Waals surface area contributed by atoms with Crippen molar-refractivity contribution in [1.29, 1.82) is 0 Å². The number of ether oxygens (including phenoxy) is 1. The molecule has 0 spiro atoms. The molecule has 0 atom stereocenters. The van der Waals surface area contributed by atoms with Crippen molar-refractivity contribution in [3.05, 3.63) is 47.3 Å². The molecule has 0 radical (unpaired) electrons. The number of hydrogen-bond acceptors (Lipinski definition) is 4. The third kappa shape index (κ3) is 5.34. The van der Waals surface area contributed by atoms with Crippen LogP contribution in [0.4, 0.5) is 0 Å². The monoisotopic (exact) mass is 344 g/mol. The van der Waals surface area contributed by atoms with E-state index < -0.39 is 0 Å². The number of nitrogens with zero attached hydrogens (tertiary/aromatic N) is 2. The molecule has 2 amide bonds. The summed E-state index contributed by atoms with van der Waals surface area (Å²) in [7, 11) is 0. The van der Waals surface area contributed by atoms with Crippen LogP contribution in [0.2, 0.25) is 0 Å². The van der Waals surface area contributed by atoms with Crippen molar-refractivity contribution < 1.29 is 14.3 Å². The standard InChI is InChI=1S/C18H24N4O3/c1-4-22-16(10-13(3)21-22)18(24)20-12-17(23)19-11-14-6-8-15(9-7-14)25-5-2/h6-10H,4-5,11-12H2,1-3H3,(H,19,23)(H,20,24). The molecule has 2 N–H and O–H groups in total. The lowest BCUT2D eigenvalue weighted by Crippen LogP contribution is -2.37. The van der Waals surface area contributed by atoms with Crippen LogP contribution < -0.4 is 15.4 Å². The second kappa shape index (κ2) is 8.86. The van der Waals surface area contributed by atoms with Crippen LogP contribution in [0.25, 0.3) is 0 Å². The van der Waals surface area contributed by atoms with E-state index in [1.165, 1.54) is 0 Å². The van der Waals surface area contributed by atoms with Crippen molar-refractivity contribution in [1.82, 2.24) is 20.4 Å². The van der Waals surface area contributed by atoms with Crippen LogP contribution in [0.15, 0.2) is 30.3 Å². The fraction of sp³-hybridized carbons (Fsp3) is 0.389. The highest BCUT2D eigenvalue weighted by Crippen LogP contribution is 2.11. The number of carbonyl (C=O) groups excluding carboxylic acids is 2. The molecule has 0 bridgehead atoms. The Morgan fingerprint density at radius 1 is 1.16 bits per heavy atom. The van der Waals surface area contributed by atoms with E-state index in [9.17, 15) is 9.59 Å². The van der Waals surface area contributed by atoms with Crippen molar-refractivity contribution in [3.8, 4) is 5.75 Å². The van der Waals surface area contributed by atoms with E-state index >= 15 is 0 Å². The number of benzene rings is 1. The lowest BCUT2D eigenvalue weighted by Gasteiger charge is -2.09. The summed E-state index contributed by atoms with van der Waals surface area (Å²) in [6.07, 6.45) is 0. The lowest BCUT2D eigenvalue weighted by atomic mass is 10.2. The smallest absolute Gasteiger partial charge is 0.269 e. The van der Waals surface area contributed by atoms with Crippen LogP contribution in [0, 0.1) is 6.92 Å². The molecular weight excluding hydrogens is 320 g/mol. The fourth-order valence-corrected chi connectivity index (χ4v) is 2.35. The third-order valence-corrected chi connectivity index (χ3v) is 3.57. The van der Waals surface area contributed by atoms with Gasteiger partial charge in [-0.15, -0.1) is 0 Å². The second-order valence-electron chi connectivity index (χ2n) is 5.52. The Bertz CT molecular complexity index is 722. The molecule has 2 aromatic rings. The average Bonchev–Trinajstić information content (AvgIpc) is 3.00. The minimum absolute atomic E-state index is 0.0796. The van der Waals surface area contributed by atoms with Crippen LogP contribution >= 0.6 is 0 Å². The Morgan fingerprint density at radius 3 is 2.52 bits per heavy atom. The maximum atomic E-state index is 12.1. The highest BCUT2D eigenvalue weighted by atomic mass is 16.5. The van der Waals surface area contributed by atoms with Crippen LogP contribution in [0.3, 0.4) is 0 Å². The molecule has 134 valence electrons. The molecule has 7 heteroatoms. The summed E-state index contributed by atoms with van der Waals surface area (Å²) in [5, 5.41) is 9.61. The van der Waals surface area contributed by atoms with E-state index in [0.717, 1.165) is 17.0 Å². The molecule has 2 rings (SSSR count). The molecular formula is C18H24N4O3. The van der Waals surface area contributed by atoms with Gasteiger partial charge in [0.05, 0.1) is 18.8 Å². The number of hydrogen-bond donors (Lipinski definition) is 2. The number of aryl methyl sites for hydroxylation is 2. The zero-order valence-corrected chi connectivity index (χ0v) is 14.8. The summed E-state index contributed by atoms with van der Waals surface area (Å²) in [5.41, 5.74) is 2.19. The van der Waals surface area contributed by atoms with Gasteiger partial charge in [-0.25, -0.2) is 0 Å². The van der Waals surface area contributed by atoms with E-state index in [2.05, 4.69) is 15.7 Å². The summed E-state index contributed by atoms with van der Waals surface area (Å²) < 4.78 is 6.99. The predicted molar refractivity (Wildman–Crippen MR) is 94.4 cm³/mol. The minimum Gasteiger partial charge on any atom is -0.494 e. The third-order valence-electron chi connectivity index (χ3n) is 3.57. The lowest BCUT2D eigenvalue weighted by molar-refractivity contribution is -0.120. The maximum absolute atomic E-state index is 12.1. The van der Waals surface area contributed by atoms with Gasteiger partial charge in [0.25, 0.3) is 5.91 Å². The van der Waals surface area contributed by atoms with Crippen LogP contribution in [0.1, 0.15) is 35.6 Å². The van der Waals surface area contributed by atoms with E-state index in [-0.39, 0.29) is 18.4 Å². The van der Waals surface area contributed by atoms with Gasteiger partial charge in [-0.2, -0.15) is 5.10 Å². The fourth-order valence-electron chi connectivity index (χ4n) is 2.35. The van der Waals surface area contributed by atoms with E-state index in [1.807, 2.05) is 45.0 Å². The van der Waals surface area contributed by atoms with Crippen molar-refractivity contribution in [2.45, 2.75) is 33.9 Å². The van der Waals surface area contributed by atoms with Gasteiger partial charge in [-0.1, -0.05) is 12.1 Å². The van der Waals surface area contributed by atoms with Crippen molar-refractivity contribution in [3.63, 3.8) is 0 Å². The van der Waals surface area contributed by atoms with Crippen LogP contribution in [-0.4, -0.2) is 34.7 Å². The normalized spacial score (nSPS) is 10.4. The number of carbonyl (C=O) groups is 2. The quantitative estimate of drug-likeness (QED) is 0.763. The minimum atomic E-state index is -0.307. The van der Waals surface area contributed by atoms with Crippen molar-refractivity contribution in [2.75, 3.05) is 13.2 Å². The highest BCUT2D eigenvalue weighted by Gasteiger charge is 2.13. The molecule has 0 unspecified atom stereocenters. The van der Waals surface area contributed by atoms with Gasteiger partial charge in [0.2, 0.25) is 5.91 Å². The Balaban J connectivity index is 1.79. The SMILES string of the molecule is CCOc1ccc(CNC(=O)CNC(=O)c2cc(C)nn2CC)cc1. The summed E-state index contributed by atoms with van der Waals surface area (Å²) in [6.45, 7) is 7.19. The van der Waals surface area contributed by atoms with Gasteiger partial charge in [-0.3, -0.25) is 14.3 Å². The summed E-state index contributed by atoms with van der Waals surface area (Å²) in [4.78, 5) is 24.1. The average molecular weight is 344 g/mol. The first-order chi connectivity index (χ1) is 12.0. The number of aromatic nitrogens is 2. The Kier molecular flexibility index (Phi) is 6.56. The molecule has 0 aliphatic carbocycles. The molecule has 0 aliphatic heterocycles. The highest BCUT2D eigenvalue weighted by molar-refractivity contribution is 5.95. The molecule has 0 aliphatic rings. The van der Waals surface area contributed by atoms with Gasteiger partial charge >= 0.3 is 0 Å². The molecule has 1 aromatic heterocycles. The molecule has 1 aromatic carbocycles. The van der Waals surface area contributed by atoms with Gasteiger partial charge < -0.3 is 15.4 Å². The van der Waals surface area contributed by atoms with Gasteiger partial charge in [0.1, 0.15) is 11.4 Å². The van der Waals surface area contributed by atoms with E-state index in [4.69, 9.17) is 4.74 Å². The first-order valence-corrected chi connectivity index (χ1v) is 8.34. The summed E-state index contributed by atoms with van der Waals surface area (Å²) >= 11 is 0. The molecule has 25 heavy (non-hydrogen) atoms. The summed E-state index contributed by atoms with van der Waals surface area (Å²) in [5.74, 6) is 0.243. The number of nitrogens with one attached hydrogen (secondary N) is 2. The Morgan fingerprint density at radius 2 is 1.88 bits per heavy atom. The van der Waals surface area contributed by atoms with Crippen molar-refractivity contribution >= 4 is 11.8 Å². The molecule has 0 saturated heterocycles. The van der Waals surface area contributed by atoms with Crippen LogP contribution in [-0.2, 0) is 17.9 Å². The van der Waals surface area contributed by atoms with Gasteiger partial charge in [-0.05, 0) is 44.5 Å². The largest absolute Gasteiger partial charge is 0.494 e. The summed E-state index contributed by atoms with van der Waals surface area (Å²) in [6, 6.07) is 9.22. The Labute approximate surface area is 147 Å². The second-order valence-corrected chi connectivity index (χ2v) is 5.52. The molecule has 1 heterocycles. The zero-order chi connectivity index (χ0) is 18.2. The Hall–Kier alpha value is -2.83. The van der Waals surface area contributed by atoms with Gasteiger partial charge in [0, 0.05) is 13.1 Å². The molecule has 0 saturated carbocycles. The van der Waals surface area contributed by atoms with E-state index in [0.29, 0.717) is 25.4 Å². The van der Waals surface area contributed by atoms with E-state index in [1.54, 1.807) is 10.7 Å². The topological polar surface area (TPSA) is 85.2 Å². The first-order valence-electron chi connectivity index (χ1n) is 8.34. The number of rotatable bonds is 8. The zero-order valence-electron chi connectivity index (χ0n) is 14.8. The molecule has 7 nitrogen and oxygen atoms in total. The predicted octanol–water partition coefficient (Wildman–Crippen LogP) is 1.66.